The van der Waals surface area contributed by atoms with Gasteiger partial charge in [0.15, 0.2) is 5.84 Å². The Morgan fingerprint density at radius 1 is 1.60 bits per heavy atom. The number of hydrogen-bond donors (Lipinski definition) is 2. The Balaban J connectivity index is 2.19. The number of hydrogen-bond acceptors (Lipinski definition) is 4. The summed E-state index contributed by atoms with van der Waals surface area (Å²) >= 11 is 6.03. The Morgan fingerprint density at radius 2 is 2.35 bits per heavy atom. The first-order valence-electron chi connectivity index (χ1n) is 6.18. The number of nitrogens with two attached hydrogens (primary N) is 1. The maximum atomic E-state index is 12.5. The monoisotopic (exact) mass is 297 g/mol. The molecule has 1 fully saturated rings. The molecule has 7 heteroatoms. The average Bonchev–Trinajstić information content (AvgIpc) is 2.48. The van der Waals surface area contributed by atoms with Crippen molar-refractivity contribution in [2.24, 2.45) is 10.9 Å². The number of carbonyl (C=O) groups is 1. The summed E-state index contributed by atoms with van der Waals surface area (Å²) in [6.07, 6.45) is -0.586. The zero-order chi connectivity index (χ0) is 14.7. The SMILES string of the molecule is Cc1c(Cl)cccc1C(=O)N1CCOC(/C(N)=N/O)C1. The number of amidine groups is 1. The van der Waals surface area contributed by atoms with Crippen LogP contribution in [0.3, 0.4) is 0 Å². The molecule has 0 saturated carbocycles. The lowest BCUT2D eigenvalue weighted by Gasteiger charge is -2.32. The van der Waals surface area contributed by atoms with Crippen LogP contribution >= 0.6 is 11.6 Å². The molecule has 1 atom stereocenters. The molecule has 0 aromatic heterocycles. The van der Waals surface area contributed by atoms with Crippen LogP contribution in [0.25, 0.3) is 0 Å². The third-order valence-corrected chi connectivity index (χ3v) is 3.71. The van der Waals surface area contributed by atoms with Crippen LogP contribution in [-0.2, 0) is 4.74 Å². The Hall–Kier alpha value is -1.79. The van der Waals surface area contributed by atoms with E-state index in [1.54, 1.807) is 30.0 Å². The van der Waals surface area contributed by atoms with E-state index in [0.29, 0.717) is 23.7 Å². The minimum atomic E-state index is -0.586. The van der Waals surface area contributed by atoms with Crippen LogP contribution < -0.4 is 5.73 Å². The summed E-state index contributed by atoms with van der Waals surface area (Å²) in [6, 6.07) is 5.22. The number of benzene rings is 1. The topological polar surface area (TPSA) is 88.2 Å². The molecule has 1 aliphatic heterocycles. The molecule has 0 radical (unpaired) electrons. The van der Waals surface area contributed by atoms with Gasteiger partial charge in [0.05, 0.1) is 13.2 Å². The van der Waals surface area contributed by atoms with Crippen molar-refractivity contribution in [3.8, 4) is 0 Å². The van der Waals surface area contributed by atoms with E-state index in [4.69, 9.17) is 27.3 Å². The molecule has 1 aromatic carbocycles. The highest BCUT2D eigenvalue weighted by molar-refractivity contribution is 6.31. The van der Waals surface area contributed by atoms with Gasteiger partial charge < -0.3 is 20.6 Å². The molecule has 1 heterocycles. The molecule has 2 rings (SSSR count). The first-order chi connectivity index (χ1) is 9.54. The van der Waals surface area contributed by atoms with E-state index >= 15 is 0 Å². The van der Waals surface area contributed by atoms with Gasteiger partial charge in [-0.15, -0.1) is 0 Å². The number of carbonyl (C=O) groups excluding carboxylic acids is 1. The van der Waals surface area contributed by atoms with Gasteiger partial charge in [-0.2, -0.15) is 0 Å². The van der Waals surface area contributed by atoms with Crippen LogP contribution in [0.15, 0.2) is 23.4 Å². The van der Waals surface area contributed by atoms with Gasteiger partial charge in [0.1, 0.15) is 6.10 Å². The third-order valence-electron chi connectivity index (χ3n) is 3.30. The Kier molecular flexibility index (Phi) is 4.46. The molecular formula is C13H16ClN3O3. The predicted octanol–water partition coefficient (Wildman–Crippen LogP) is 1.24. The van der Waals surface area contributed by atoms with Gasteiger partial charge in [-0.25, -0.2) is 0 Å². The number of ether oxygens (including phenoxy) is 1. The van der Waals surface area contributed by atoms with Crippen LogP contribution in [0.2, 0.25) is 5.02 Å². The van der Waals surface area contributed by atoms with E-state index < -0.39 is 6.10 Å². The third kappa shape index (κ3) is 2.86. The Morgan fingerprint density at radius 3 is 3.05 bits per heavy atom. The maximum absolute atomic E-state index is 12.5. The first-order valence-corrected chi connectivity index (χ1v) is 6.55. The summed E-state index contributed by atoms with van der Waals surface area (Å²) in [6.45, 7) is 2.85. The van der Waals surface area contributed by atoms with Gasteiger partial charge in [0.2, 0.25) is 0 Å². The highest BCUT2D eigenvalue weighted by Crippen LogP contribution is 2.21. The summed E-state index contributed by atoms with van der Waals surface area (Å²) in [4.78, 5) is 14.1. The second kappa shape index (κ2) is 6.11. The quantitative estimate of drug-likeness (QED) is 0.372. The van der Waals surface area contributed by atoms with Crippen LogP contribution in [0, 0.1) is 6.92 Å². The molecule has 1 aromatic rings. The highest BCUT2D eigenvalue weighted by Gasteiger charge is 2.28. The van der Waals surface area contributed by atoms with E-state index in [1.165, 1.54) is 0 Å². The van der Waals surface area contributed by atoms with Crippen molar-refractivity contribution in [2.45, 2.75) is 13.0 Å². The molecule has 1 aliphatic rings. The fraction of sp³-hybridized carbons (Fsp3) is 0.385. The second-order valence-electron chi connectivity index (χ2n) is 4.55. The molecule has 1 saturated heterocycles. The lowest BCUT2D eigenvalue weighted by atomic mass is 10.1. The maximum Gasteiger partial charge on any atom is 0.254 e. The van der Waals surface area contributed by atoms with Crippen molar-refractivity contribution in [1.29, 1.82) is 0 Å². The van der Waals surface area contributed by atoms with Crippen molar-refractivity contribution < 1.29 is 14.7 Å². The predicted molar refractivity (Wildman–Crippen MR) is 75.2 cm³/mol. The molecule has 108 valence electrons. The van der Waals surface area contributed by atoms with E-state index in [0.717, 1.165) is 5.56 Å². The number of halogens is 1. The molecule has 0 aliphatic carbocycles. The van der Waals surface area contributed by atoms with Gasteiger partial charge in [0, 0.05) is 17.1 Å². The lowest BCUT2D eigenvalue weighted by molar-refractivity contribution is 0.00672. The van der Waals surface area contributed by atoms with E-state index in [-0.39, 0.29) is 18.3 Å². The number of amides is 1. The van der Waals surface area contributed by atoms with Gasteiger partial charge >= 0.3 is 0 Å². The number of morpholine rings is 1. The normalized spacial score (nSPS) is 20.0. The van der Waals surface area contributed by atoms with Crippen molar-refractivity contribution in [1.82, 2.24) is 4.90 Å². The summed E-state index contributed by atoms with van der Waals surface area (Å²) in [5.74, 6) is -0.172. The second-order valence-corrected chi connectivity index (χ2v) is 4.96. The summed E-state index contributed by atoms with van der Waals surface area (Å²) in [5, 5.41) is 12.1. The van der Waals surface area contributed by atoms with E-state index in [1.807, 2.05) is 0 Å². The zero-order valence-corrected chi connectivity index (χ0v) is 11.8. The molecule has 20 heavy (non-hydrogen) atoms. The van der Waals surface area contributed by atoms with E-state index in [2.05, 4.69) is 5.16 Å². The van der Waals surface area contributed by atoms with Crippen LogP contribution in [0.5, 0.6) is 0 Å². The van der Waals surface area contributed by atoms with Crippen molar-refractivity contribution in [2.75, 3.05) is 19.7 Å². The summed E-state index contributed by atoms with van der Waals surface area (Å²) in [5.41, 5.74) is 6.81. The first kappa shape index (κ1) is 14.6. The number of oxime groups is 1. The van der Waals surface area contributed by atoms with Gasteiger partial charge in [0.25, 0.3) is 5.91 Å². The molecule has 6 nitrogen and oxygen atoms in total. The molecule has 3 N–H and O–H groups in total. The average molecular weight is 298 g/mol. The lowest BCUT2D eigenvalue weighted by Crippen LogP contribution is -2.50. The molecular weight excluding hydrogens is 282 g/mol. The Labute approximate surface area is 121 Å². The van der Waals surface area contributed by atoms with Gasteiger partial charge in [-0.3, -0.25) is 4.79 Å². The molecule has 1 unspecified atom stereocenters. The molecule has 0 bridgehead atoms. The molecule has 1 amide bonds. The fourth-order valence-electron chi connectivity index (χ4n) is 2.09. The van der Waals surface area contributed by atoms with Crippen molar-refractivity contribution >= 4 is 23.3 Å². The molecule has 0 spiro atoms. The largest absolute Gasteiger partial charge is 0.409 e. The van der Waals surface area contributed by atoms with Gasteiger partial charge in [-0.05, 0) is 24.6 Å². The number of rotatable bonds is 2. The minimum Gasteiger partial charge on any atom is -0.409 e. The summed E-state index contributed by atoms with van der Waals surface area (Å²) < 4.78 is 5.37. The smallest absolute Gasteiger partial charge is 0.254 e. The van der Waals surface area contributed by atoms with E-state index in [9.17, 15) is 4.79 Å². The van der Waals surface area contributed by atoms with Crippen molar-refractivity contribution in [3.05, 3.63) is 34.3 Å². The number of nitrogens with zero attached hydrogens (tertiary/aromatic N) is 2. The van der Waals surface area contributed by atoms with Crippen LogP contribution in [0.1, 0.15) is 15.9 Å². The highest BCUT2D eigenvalue weighted by atomic mass is 35.5. The minimum absolute atomic E-state index is 0.0367. The Bertz CT molecular complexity index is 548. The van der Waals surface area contributed by atoms with Crippen LogP contribution in [0.4, 0.5) is 0 Å². The standard InChI is InChI=1S/C13H16ClN3O3/c1-8-9(3-2-4-10(8)14)13(18)17-5-6-20-11(7-17)12(15)16-19/h2-4,11,19H,5-7H2,1H3,(H2,15,16). The zero-order valence-electron chi connectivity index (χ0n) is 11.0. The summed E-state index contributed by atoms with van der Waals surface area (Å²) in [7, 11) is 0. The van der Waals surface area contributed by atoms with Crippen LogP contribution in [-0.4, -0.2) is 47.7 Å². The van der Waals surface area contributed by atoms with Gasteiger partial charge in [-0.1, -0.05) is 22.8 Å². The fourth-order valence-corrected chi connectivity index (χ4v) is 2.26. The van der Waals surface area contributed by atoms with Crippen molar-refractivity contribution in [3.63, 3.8) is 0 Å².